The van der Waals surface area contributed by atoms with Gasteiger partial charge in [0.25, 0.3) is 0 Å². The van der Waals surface area contributed by atoms with E-state index in [9.17, 15) is 9.59 Å². The predicted molar refractivity (Wildman–Crippen MR) is 37.4 cm³/mol. The first-order valence-corrected chi connectivity index (χ1v) is 3.00. The normalized spacial score (nSPS) is 11.9. The van der Waals surface area contributed by atoms with Gasteiger partial charge in [-0.2, -0.15) is 0 Å². The molecule has 0 radical (unpaired) electrons. The van der Waals surface area contributed by atoms with E-state index in [1.54, 1.807) is 21.0 Å². The van der Waals surface area contributed by atoms with Crippen molar-refractivity contribution in [3.63, 3.8) is 0 Å². The van der Waals surface area contributed by atoms with Crippen molar-refractivity contribution in [2.75, 3.05) is 14.1 Å². The van der Waals surface area contributed by atoms with Gasteiger partial charge in [0.05, 0.1) is 0 Å². The summed E-state index contributed by atoms with van der Waals surface area (Å²) in [4.78, 5) is 22.2. The van der Waals surface area contributed by atoms with Gasteiger partial charge in [-0.05, 0) is 6.92 Å². The van der Waals surface area contributed by atoms with Gasteiger partial charge in [0.15, 0.2) is 0 Å². The fourth-order valence-electron chi connectivity index (χ4n) is 0.561. The van der Waals surface area contributed by atoms with Crippen molar-refractivity contribution in [2.45, 2.75) is 13.0 Å². The molecule has 1 N–H and O–H groups in total. The summed E-state index contributed by atoms with van der Waals surface area (Å²) >= 11 is 0. The average molecular weight is 144 g/mol. The van der Waals surface area contributed by atoms with Gasteiger partial charge in [0, 0.05) is 14.1 Å². The minimum atomic E-state index is -0.424. The van der Waals surface area contributed by atoms with Crippen LogP contribution >= 0.6 is 0 Å². The van der Waals surface area contributed by atoms with Crippen LogP contribution in [0.3, 0.4) is 0 Å². The fourth-order valence-corrected chi connectivity index (χ4v) is 0.561. The van der Waals surface area contributed by atoms with E-state index in [-0.39, 0.29) is 5.91 Å². The van der Waals surface area contributed by atoms with Crippen LogP contribution in [0.1, 0.15) is 6.92 Å². The molecular weight excluding hydrogens is 132 g/mol. The lowest BCUT2D eigenvalue weighted by Gasteiger charge is -2.15. The topological polar surface area (TPSA) is 49.4 Å². The molecule has 1 unspecified atom stereocenters. The predicted octanol–water partition coefficient (Wildman–Crippen LogP) is -0.791. The SMILES string of the molecule is CC(NC=O)C(=O)N(C)C. The summed E-state index contributed by atoms with van der Waals surface area (Å²) < 4.78 is 0. The monoisotopic (exact) mass is 144 g/mol. The Hall–Kier alpha value is -1.06. The minimum absolute atomic E-state index is 0.105. The van der Waals surface area contributed by atoms with E-state index >= 15 is 0 Å². The van der Waals surface area contributed by atoms with Gasteiger partial charge in [0.1, 0.15) is 6.04 Å². The van der Waals surface area contributed by atoms with Crippen molar-refractivity contribution in [3.8, 4) is 0 Å². The third-order valence-corrected chi connectivity index (χ3v) is 1.13. The number of nitrogens with zero attached hydrogens (tertiary/aromatic N) is 1. The Morgan fingerprint density at radius 3 is 2.40 bits per heavy atom. The van der Waals surface area contributed by atoms with Crippen molar-refractivity contribution in [1.82, 2.24) is 10.2 Å². The molecule has 0 rings (SSSR count). The molecule has 0 heterocycles. The molecule has 0 aromatic carbocycles. The van der Waals surface area contributed by atoms with E-state index in [0.29, 0.717) is 6.41 Å². The zero-order valence-corrected chi connectivity index (χ0v) is 6.42. The highest BCUT2D eigenvalue weighted by Gasteiger charge is 2.12. The largest absolute Gasteiger partial charge is 0.347 e. The third kappa shape index (κ3) is 2.48. The molecule has 2 amide bonds. The van der Waals surface area contributed by atoms with Crippen molar-refractivity contribution in [1.29, 1.82) is 0 Å². The molecule has 4 heteroatoms. The first kappa shape index (κ1) is 8.94. The molecule has 0 bridgehead atoms. The zero-order chi connectivity index (χ0) is 8.15. The Kier molecular flexibility index (Phi) is 3.46. The number of rotatable bonds is 3. The Morgan fingerprint density at radius 1 is 1.60 bits per heavy atom. The Morgan fingerprint density at radius 2 is 2.10 bits per heavy atom. The maximum atomic E-state index is 10.9. The van der Waals surface area contributed by atoms with E-state index in [4.69, 9.17) is 0 Å². The summed E-state index contributed by atoms with van der Waals surface area (Å²) in [7, 11) is 3.29. The maximum Gasteiger partial charge on any atom is 0.244 e. The molecule has 0 fully saturated rings. The number of carbonyl (C=O) groups is 2. The summed E-state index contributed by atoms with van der Waals surface area (Å²) in [6, 6.07) is -0.424. The Bertz CT molecular complexity index is 134. The van der Waals surface area contributed by atoms with Gasteiger partial charge >= 0.3 is 0 Å². The number of carbonyl (C=O) groups excluding carboxylic acids is 2. The zero-order valence-electron chi connectivity index (χ0n) is 6.42. The van der Waals surface area contributed by atoms with Gasteiger partial charge in [-0.1, -0.05) is 0 Å². The van der Waals surface area contributed by atoms with E-state index < -0.39 is 6.04 Å². The second-order valence-electron chi connectivity index (χ2n) is 2.24. The molecule has 0 spiro atoms. The van der Waals surface area contributed by atoms with Gasteiger partial charge < -0.3 is 10.2 Å². The highest BCUT2D eigenvalue weighted by atomic mass is 16.2. The van der Waals surface area contributed by atoms with Crippen LogP contribution in [-0.4, -0.2) is 37.4 Å². The minimum Gasteiger partial charge on any atom is -0.347 e. The molecule has 58 valence electrons. The van der Waals surface area contributed by atoms with Gasteiger partial charge in [0.2, 0.25) is 12.3 Å². The van der Waals surface area contributed by atoms with Crippen LogP contribution in [0.5, 0.6) is 0 Å². The molecule has 0 aliphatic carbocycles. The second kappa shape index (κ2) is 3.87. The fraction of sp³-hybridized carbons (Fsp3) is 0.667. The Balaban J connectivity index is 3.81. The quantitative estimate of drug-likeness (QED) is 0.528. The van der Waals surface area contributed by atoms with Crippen LogP contribution < -0.4 is 5.32 Å². The number of amides is 2. The lowest BCUT2D eigenvalue weighted by molar-refractivity contribution is -0.131. The van der Waals surface area contributed by atoms with Gasteiger partial charge in [-0.3, -0.25) is 9.59 Å². The van der Waals surface area contributed by atoms with Crippen molar-refractivity contribution >= 4 is 12.3 Å². The molecule has 0 aromatic rings. The first-order chi connectivity index (χ1) is 4.59. The van der Waals surface area contributed by atoms with Crippen molar-refractivity contribution < 1.29 is 9.59 Å². The van der Waals surface area contributed by atoms with E-state index in [1.165, 1.54) is 4.90 Å². The highest BCUT2D eigenvalue weighted by Crippen LogP contribution is 1.85. The lowest BCUT2D eigenvalue weighted by atomic mass is 10.3. The summed E-state index contributed by atoms with van der Waals surface area (Å²) in [5.41, 5.74) is 0. The van der Waals surface area contributed by atoms with Crippen LogP contribution in [0.4, 0.5) is 0 Å². The van der Waals surface area contributed by atoms with Crippen LogP contribution in [-0.2, 0) is 9.59 Å². The van der Waals surface area contributed by atoms with Crippen LogP contribution in [0.25, 0.3) is 0 Å². The van der Waals surface area contributed by atoms with Crippen molar-refractivity contribution in [3.05, 3.63) is 0 Å². The summed E-state index contributed by atoms with van der Waals surface area (Å²) in [5, 5.41) is 2.35. The summed E-state index contributed by atoms with van der Waals surface area (Å²) in [6.45, 7) is 1.64. The van der Waals surface area contributed by atoms with Crippen molar-refractivity contribution in [2.24, 2.45) is 0 Å². The van der Waals surface area contributed by atoms with Crippen LogP contribution in [0.15, 0.2) is 0 Å². The summed E-state index contributed by atoms with van der Waals surface area (Å²) in [5.74, 6) is -0.105. The molecular formula is C6H12N2O2. The van der Waals surface area contributed by atoms with E-state index in [2.05, 4.69) is 5.32 Å². The number of likely N-dealkylation sites (N-methyl/N-ethyl adjacent to an activating group) is 1. The molecule has 4 nitrogen and oxygen atoms in total. The van der Waals surface area contributed by atoms with Gasteiger partial charge in [-0.15, -0.1) is 0 Å². The van der Waals surface area contributed by atoms with E-state index in [0.717, 1.165) is 0 Å². The lowest BCUT2D eigenvalue weighted by Crippen LogP contribution is -2.40. The highest BCUT2D eigenvalue weighted by molar-refractivity contribution is 5.82. The molecule has 0 saturated carbocycles. The molecule has 1 atom stereocenters. The number of hydrogen-bond donors (Lipinski definition) is 1. The second-order valence-corrected chi connectivity index (χ2v) is 2.24. The average Bonchev–Trinajstić information content (AvgIpc) is 1.87. The third-order valence-electron chi connectivity index (χ3n) is 1.13. The molecule has 0 saturated heterocycles. The standard InChI is InChI=1S/C6H12N2O2/c1-5(7-4-9)6(10)8(2)3/h4-5H,1-3H3,(H,7,9). The van der Waals surface area contributed by atoms with Crippen LogP contribution in [0.2, 0.25) is 0 Å². The molecule has 10 heavy (non-hydrogen) atoms. The Labute approximate surface area is 60.2 Å². The van der Waals surface area contributed by atoms with Gasteiger partial charge in [-0.25, -0.2) is 0 Å². The number of nitrogens with one attached hydrogen (secondary N) is 1. The maximum absolute atomic E-state index is 10.9. The smallest absolute Gasteiger partial charge is 0.244 e. The molecule has 0 aromatic heterocycles. The number of hydrogen-bond acceptors (Lipinski definition) is 2. The molecule has 0 aliphatic rings. The van der Waals surface area contributed by atoms with Crippen LogP contribution in [0, 0.1) is 0 Å². The first-order valence-electron chi connectivity index (χ1n) is 3.00. The molecule has 0 aliphatic heterocycles. The van der Waals surface area contributed by atoms with E-state index in [1.807, 2.05) is 0 Å². The summed E-state index contributed by atoms with van der Waals surface area (Å²) in [6.07, 6.45) is 0.520.